The zero-order valence-electron chi connectivity index (χ0n) is 7.66. The molecule has 1 aromatic heterocycles. The smallest absolute Gasteiger partial charge is 0.138 e. The van der Waals surface area contributed by atoms with Gasteiger partial charge in [0.15, 0.2) is 0 Å². The van der Waals surface area contributed by atoms with Gasteiger partial charge in [0.2, 0.25) is 0 Å². The first kappa shape index (κ1) is 9.52. The first-order chi connectivity index (χ1) is 5.66. The maximum atomic E-state index is 5.97. The number of hydrogen-bond acceptors (Lipinski definition) is 2. The number of hydrogen-bond donors (Lipinski definition) is 0. The van der Waals surface area contributed by atoms with Crippen molar-refractivity contribution < 1.29 is 0 Å². The Bertz CT molecular complexity index is 244. The summed E-state index contributed by atoms with van der Waals surface area (Å²) in [5, 5.41) is 4.18. The van der Waals surface area contributed by atoms with Crippen LogP contribution in [-0.4, -0.2) is 20.1 Å². The van der Waals surface area contributed by atoms with Gasteiger partial charge in [-0.05, 0) is 13.8 Å². The third kappa shape index (κ3) is 1.78. The van der Waals surface area contributed by atoms with Crippen molar-refractivity contribution in [3.05, 3.63) is 12.2 Å². The lowest BCUT2D eigenvalue weighted by atomic mass is 10.1. The Labute approximate surface area is 77.8 Å². The van der Waals surface area contributed by atoms with Crippen LogP contribution in [0.4, 0.5) is 0 Å². The first-order valence-electron chi connectivity index (χ1n) is 4.18. The molecule has 4 heteroatoms. The monoisotopic (exact) mass is 187 g/mol. The molecule has 68 valence electrons. The highest BCUT2D eigenvalue weighted by Gasteiger charge is 2.16. The second kappa shape index (κ2) is 3.90. The number of nitrogens with zero attached hydrogens (tertiary/aromatic N) is 3. The molecule has 3 nitrogen and oxygen atoms in total. The van der Waals surface area contributed by atoms with Crippen LogP contribution in [-0.2, 0) is 6.54 Å². The number of alkyl halides is 1. The van der Waals surface area contributed by atoms with E-state index in [9.17, 15) is 0 Å². The Morgan fingerprint density at radius 3 is 2.75 bits per heavy atom. The third-order valence-electron chi connectivity index (χ3n) is 2.04. The van der Waals surface area contributed by atoms with Crippen molar-refractivity contribution in [1.82, 2.24) is 14.8 Å². The van der Waals surface area contributed by atoms with Crippen LogP contribution in [0.1, 0.15) is 32.5 Å². The van der Waals surface area contributed by atoms with E-state index in [1.54, 1.807) is 6.33 Å². The minimum absolute atomic E-state index is 0.0968. The van der Waals surface area contributed by atoms with Crippen molar-refractivity contribution in [1.29, 1.82) is 0 Å². The van der Waals surface area contributed by atoms with Crippen molar-refractivity contribution in [3.63, 3.8) is 0 Å². The average Bonchev–Trinajstić information content (AvgIpc) is 2.49. The molecular formula is C8H14ClN3. The van der Waals surface area contributed by atoms with E-state index < -0.39 is 0 Å². The Hall–Kier alpha value is -0.570. The van der Waals surface area contributed by atoms with Crippen molar-refractivity contribution in [2.45, 2.75) is 38.6 Å². The van der Waals surface area contributed by atoms with Gasteiger partial charge >= 0.3 is 0 Å². The highest BCUT2D eigenvalue weighted by atomic mass is 35.5. The molecule has 1 aromatic rings. The number of halogens is 1. The molecule has 2 unspecified atom stereocenters. The van der Waals surface area contributed by atoms with Gasteiger partial charge in [-0.15, -0.1) is 11.6 Å². The first-order valence-corrected chi connectivity index (χ1v) is 4.62. The molecular weight excluding hydrogens is 174 g/mol. The fourth-order valence-corrected chi connectivity index (χ4v) is 1.19. The minimum atomic E-state index is 0.0968. The molecule has 1 rings (SSSR count). The van der Waals surface area contributed by atoms with Crippen molar-refractivity contribution in [2.75, 3.05) is 0 Å². The van der Waals surface area contributed by atoms with E-state index in [2.05, 4.69) is 17.0 Å². The van der Waals surface area contributed by atoms with E-state index in [0.29, 0.717) is 0 Å². The van der Waals surface area contributed by atoms with Crippen LogP contribution in [0.15, 0.2) is 6.33 Å². The second-order valence-corrected chi connectivity index (χ2v) is 3.59. The molecule has 0 amide bonds. The molecule has 0 aromatic carbocycles. The molecule has 0 N–H and O–H groups in total. The van der Waals surface area contributed by atoms with E-state index >= 15 is 0 Å². The van der Waals surface area contributed by atoms with Crippen LogP contribution in [0.3, 0.4) is 0 Å². The van der Waals surface area contributed by atoms with Gasteiger partial charge in [-0.2, -0.15) is 5.10 Å². The fourth-order valence-electron chi connectivity index (χ4n) is 1.07. The van der Waals surface area contributed by atoms with Gasteiger partial charge in [-0.3, -0.25) is 4.68 Å². The molecule has 0 saturated carbocycles. The average molecular weight is 188 g/mol. The van der Waals surface area contributed by atoms with Gasteiger partial charge in [0.1, 0.15) is 12.2 Å². The third-order valence-corrected chi connectivity index (χ3v) is 2.42. The summed E-state index contributed by atoms with van der Waals surface area (Å²) in [5.41, 5.74) is 0. The molecule has 0 fully saturated rings. The van der Waals surface area contributed by atoms with Crippen LogP contribution in [0.5, 0.6) is 0 Å². The summed E-state index contributed by atoms with van der Waals surface area (Å²) in [7, 11) is 0. The van der Waals surface area contributed by atoms with Crippen molar-refractivity contribution in [2.24, 2.45) is 0 Å². The Kier molecular flexibility index (Phi) is 3.09. The van der Waals surface area contributed by atoms with Crippen molar-refractivity contribution in [3.8, 4) is 0 Å². The quantitative estimate of drug-likeness (QED) is 0.678. The number of rotatable bonds is 3. The van der Waals surface area contributed by atoms with Gasteiger partial charge in [-0.25, -0.2) is 4.98 Å². The second-order valence-electron chi connectivity index (χ2n) is 2.90. The van der Waals surface area contributed by atoms with E-state index in [1.807, 2.05) is 18.5 Å². The maximum Gasteiger partial charge on any atom is 0.138 e. The van der Waals surface area contributed by atoms with E-state index in [0.717, 1.165) is 12.4 Å². The van der Waals surface area contributed by atoms with E-state index in [1.165, 1.54) is 0 Å². The lowest BCUT2D eigenvalue weighted by Gasteiger charge is -2.13. The van der Waals surface area contributed by atoms with Crippen LogP contribution >= 0.6 is 11.6 Å². The SMILES string of the molecule is CCn1ncnc1C(C)C(C)Cl. The van der Waals surface area contributed by atoms with Gasteiger partial charge in [0.05, 0.1) is 0 Å². The van der Waals surface area contributed by atoms with Crippen LogP contribution < -0.4 is 0 Å². The molecule has 1 heterocycles. The standard InChI is InChI=1S/C8H14ClN3/c1-4-12-8(10-5-11-12)6(2)7(3)9/h5-7H,4H2,1-3H3. The fraction of sp³-hybridized carbons (Fsp3) is 0.750. The van der Waals surface area contributed by atoms with Gasteiger partial charge in [0.25, 0.3) is 0 Å². The lowest BCUT2D eigenvalue weighted by Crippen LogP contribution is -2.13. The molecule has 0 saturated heterocycles. The summed E-state index contributed by atoms with van der Waals surface area (Å²) >= 11 is 5.97. The lowest BCUT2D eigenvalue weighted by molar-refractivity contribution is 0.566. The van der Waals surface area contributed by atoms with Gasteiger partial charge < -0.3 is 0 Å². The predicted octanol–water partition coefficient (Wildman–Crippen LogP) is 2.03. The molecule has 12 heavy (non-hydrogen) atoms. The van der Waals surface area contributed by atoms with Gasteiger partial charge in [0, 0.05) is 17.8 Å². The van der Waals surface area contributed by atoms with E-state index in [-0.39, 0.29) is 11.3 Å². The summed E-state index contributed by atoms with van der Waals surface area (Å²) in [4.78, 5) is 4.18. The maximum absolute atomic E-state index is 5.97. The van der Waals surface area contributed by atoms with Gasteiger partial charge in [-0.1, -0.05) is 6.92 Å². The van der Waals surface area contributed by atoms with E-state index in [4.69, 9.17) is 11.6 Å². The molecule has 2 atom stereocenters. The highest BCUT2D eigenvalue weighted by molar-refractivity contribution is 6.20. The Morgan fingerprint density at radius 1 is 1.58 bits per heavy atom. The molecule has 0 bridgehead atoms. The van der Waals surface area contributed by atoms with Crippen LogP contribution in [0.25, 0.3) is 0 Å². The highest BCUT2D eigenvalue weighted by Crippen LogP contribution is 2.20. The Morgan fingerprint density at radius 2 is 2.25 bits per heavy atom. The summed E-state index contributed by atoms with van der Waals surface area (Å²) in [6.45, 7) is 6.93. The number of aryl methyl sites for hydroxylation is 1. The zero-order valence-corrected chi connectivity index (χ0v) is 8.41. The molecule has 0 aliphatic carbocycles. The number of aromatic nitrogens is 3. The zero-order chi connectivity index (χ0) is 9.14. The largest absolute Gasteiger partial charge is 0.250 e. The predicted molar refractivity (Wildman–Crippen MR) is 49.4 cm³/mol. The summed E-state index contributed by atoms with van der Waals surface area (Å²) in [5.74, 6) is 1.23. The summed E-state index contributed by atoms with van der Waals surface area (Å²) < 4.78 is 1.88. The minimum Gasteiger partial charge on any atom is -0.250 e. The normalized spacial score (nSPS) is 16.0. The summed E-state index contributed by atoms with van der Waals surface area (Å²) in [6.07, 6.45) is 1.58. The topological polar surface area (TPSA) is 30.7 Å². The molecule has 0 aliphatic rings. The van der Waals surface area contributed by atoms with Crippen molar-refractivity contribution >= 4 is 11.6 Å². The van der Waals surface area contributed by atoms with Crippen LogP contribution in [0, 0.1) is 0 Å². The molecule has 0 radical (unpaired) electrons. The Balaban J connectivity index is 2.86. The molecule has 0 aliphatic heterocycles. The molecule has 0 spiro atoms. The summed E-state index contributed by atoms with van der Waals surface area (Å²) in [6, 6.07) is 0. The van der Waals surface area contributed by atoms with Crippen LogP contribution in [0.2, 0.25) is 0 Å².